The van der Waals surface area contributed by atoms with E-state index in [0.717, 1.165) is 79.7 Å². The van der Waals surface area contributed by atoms with Crippen molar-refractivity contribution in [3.8, 4) is 11.5 Å². The summed E-state index contributed by atoms with van der Waals surface area (Å²) >= 11 is 0. The molecule has 1 aliphatic heterocycles. The van der Waals surface area contributed by atoms with Crippen LogP contribution in [0.4, 0.5) is 10.5 Å². The molecule has 0 bridgehead atoms. The van der Waals surface area contributed by atoms with Gasteiger partial charge in [-0.25, -0.2) is 9.59 Å². The molecule has 1 N–H and O–H groups in total. The van der Waals surface area contributed by atoms with E-state index in [1.165, 1.54) is 18.7 Å². The number of nitrogens with zero attached hydrogens (tertiary/aromatic N) is 2. The molecule has 2 aromatic carbocycles. The summed E-state index contributed by atoms with van der Waals surface area (Å²) in [5, 5.41) is 2.04. The highest BCUT2D eigenvalue weighted by molar-refractivity contribution is 5.85. The van der Waals surface area contributed by atoms with Crippen LogP contribution in [-0.2, 0) is 11.2 Å². The number of aromatic nitrogens is 1. The van der Waals surface area contributed by atoms with Gasteiger partial charge in [-0.1, -0.05) is 0 Å². The zero-order chi connectivity index (χ0) is 25.8. The molecule has 0 amide bonds. The lowest BCUT2D eigenvalue weighted by molar-refractivity contribution is 0.121. The van der Waals surface area contributed by atoms with Crippen molar-refractivity contribution in [2.45, 2.75) is 19.3 Å². The van der Waals surface area contributed by atoms with Crippen LogP contribution in [0.2, 0.25) is 0 Å². The van der Waals surface area contributed by atoms with Crippen molar-refractivity contribution in [3.63, 3.8) is 0 Å². The average Bonchev–Trinajstić information content (AvgIpc) is 3.32. The molecule has 4 aromatic rings. The highest BCUT2D eigenvalue weighted by atomic mass is 16.7. The number of piperazine rings is 1. The van der Waals surface area contributed by atoms with Gasteiger partial charge in [0.2, 0.25) is 0 Å². The molecule has 0 saturated carbocycles. The summed E-state index contributed by atoms with van der Waals surface area (Å²) in [6.45, 7) is 4.86. The number of fused-ring (bicyclic) bond motifs is 2. The number of carbonyl (C=O) groups is 1. The summed E-state index contributed by atoms with van der Waals surface area (Å²) in [6, 6.07) is 12.7. The fraction of sp³-hybridized carbons (Fsp3) is 0.357. The van der Waals surface area contributed by atoms with Crippen LogP contribution >= 0.6 is 0 Å². The first kappa shape index (κ1) is 24.7. The Morgan fingerprint density at radius 1 is 1.03 bits per heavy atom. The zero-order valence-electron chi connectivity index (χ0n) is 21.1. The van der Waals surface area contributed by atoms with E-state index in [9.17, 15) is 9.59 Å². The molecule has 0 unspecified atom stereocenters. The normalized spacial score (nSPS) is 14.3. The molecule has 0 spiro atoms. The Hall–Kier alpha value is -3.98. The summed E-state index contributed by atoms with van der Waals surface area (Å²) in [4.78, 5) is 31.0. The van der Waals surface area contributed by atoms with Crippen LogP contribution in [0.15, 0.2) is 57.9 Å². The molecule has 1 aliphatic rings. The van der Waals surface area contributed by atoms with Crippen LogP contribution in [0.5, 0.6) is 11.5 Å². The summed E-state index contributed by atoms with van der Waals surface area (Å²) in [6.07, 6.45) is 4.51. The predicted molar refractivity (Wildman–Crippen MR) is 142 cm³/mol. The molecule has 194 valence electrons. The average molecular weight is 506 g/mol. The minimum absolute atomic E-state index is 0.361. The molecular weight excluding hydrogens is 474 g/mol. The number of rotatable bonds is 8. The van der Waals surface area contributed by atoms with Crippen molar-refractivity contribution in [1.29, 1.82) is 0 Å². The lowest BCUT2D eigenvalue weighted by Crippen LogP contribution is -2.46. The van der Waals surface area contributed by atoms with E-state index in [0.29, 0.717) is 11.3 Å². The number of unbranched alkanes of at least 4 members (excludes halogenated alkanes) is 1. The molecule has 37 heavy (non-hydrogen) atoms. The highest BCUT2D eigenvalue weighted by Gasteiger charge is 2.20. The summed E-state index contributed by atoms with van der Waals surface area (Å²) in [5.41, 5.74) is 3.42. The first-order valence-corrected chi connectivity index (χ1v) is 12.5. The van der Waals surface area contributed by atoms with Crippen molar-refractivity contribution in [2.75, 3.05) is 51.8 Å². The summed E-state index contributed by atoms with van der Waals surface area (Å²) in [5.74, 6) is 1.18. The number of benzene rings is 2. The standard InChI is InChI=1S/C28H31N3O6/c1-34-26-17-25-19(6-9-27(32)37-25)15-24(26)31-13-11-30(12-14-31)10-4-3-5-20-18-29-23-16-21(7-8-22(20)23)36-28(33)35-2/h6-9,15-18,29H,3-5,10-14H2,1-2H3. The third kappa shape index (κ3) is 5.56. The van der Waals surface area contributed by atoms with Gasteiger partial charge in [0.05, 0.1) is 19.9 Å². The van der Waals surface area contributed by atoms with Gasteiger partial charge in [-0.2, -0.15) is 0 Å². The maximum atomic E-state index is 11.5. The fourth-order valence-electron chi connectivity index (χ4n) is 4.93. The topological polar surface area (TPSA) is 97.2 Å². The Balaban J connectivity index is 1.11. The van der Waals surface area contributed by atoms with Gasteiger partial charge in [-0.15, -0.1) is 0 Å². The van der Waals surface area contributed by atoms with Gasteiger partial charge in [0.25, 0.3) is 0 Å². The molecule has 3 heterocycles. The molecule has 0 aliphatic carbocycles. The van der Waals surface area contributed by atoms with Crippen LogP contribution < -0.4 is 20.0 Å². The molecule has 5 rings (SSSR count). The Labute approximate surface area is 214 Å². The van der Waals surface area contributed by atoms with Crippen molar-refractivity contribution in [1.82, 2.24) is 9.88 Å². The SMILES string of the molecule is COC(=O)Oc1ccc2c(CCCCN3CCN(c4cc5ccc(=O)oc5cc4OC)CC3)c[nH]c2c1. The zero-order valence-corrected chi connectivity index (χ0v) is 21.1. The second-order valence-electron chi connectivity index (χ2n) is 9.18. The van der Waals surface area contributed by atoms with Crippen LogP contribution in [-0.4, -0.2) is 63.0 Å². The fourth-order valence-corrected chi connectivity index (χ4v) is 4.93. The minimum Gasteiger partial charge on any atom is -0.494 e. The quantitative estimate of drug-likeness (QED) is 0.161. The second kappa shape index (κ2) is 11.0. The maximum absolute atomic E-state index is 11.5. The van der Waals surface area contributed by atoms with E-state index >= 15 is 0 Å². The molecule has 0 atom stereocenters. The van der Waals surface area contributed by atoms with E-state index in [1.54, 1.807) is 25.3 Å². The lowest BCUT2D eigenvalue weighted by Gasteiger charge is -2.36. The first-order valence-electron chi connectivity index (χ1n) is 12.5. The number of hydrogen-bond donors (Lipinski definition) is 1. The molecule has 9 heteroatoms. The lowest BCUT2D eigenvalue weighted by atomic mass is 10.1. The number of anilines is 1. The van der Waals surface area contributed by atoms with Gasteiger partial charge in [0, 0.05) is 66.9 Å². The number of carbonyl (C=O) groups excluding carboxylic acids is 1. The number of methoxy groups -OCH3 is 2. The van der Waals surface area contributed by atoms with Gasteiger partial charge in [-0.05, 0) is 55.6 Å². The molecule has 9 nitrogen and oxygen atoms in total. The van der Waals surface area contributed by atoms with Gasteiger partial charge in [0.1, 0.15) is 17.1 Å². The van der Waals surface area contributed by atoms with E-state index in [2.05, 4.69) is 19.5 Å². The third-order valence-corrected chi connectivity index (χ3v) is 6.91. The predicted octanol–water partition coefficient (Wildman–Crippen LogP) is 4.57. The second-order valence-corrected chi connectivity index (χ2v) is 9.18. The maximum Gasteiger partial charge on any atom is 0.513 e. The number of nitrogens with one attached hydrogen (secondary N) is 1. The molecule has 1 fully saturated rings. The Kier molecular flexibility index (Phi) is 7.32. The van der Waals surface area contributed by atoms with Crippen LogP contribution in [0.25, 0.3) is 21.9 Å². The van der Waals surface area contributed by atoms with Crippen molar-refractivity contribution in [3.05, 3.63) is 64.6 Å². The largest absolute Gasteiger partial charge is 0.513 e. The molecular formula is C28H31N3O6. The number of hydrogen-bond acceptors (Lipinski definition) is 8. The van der Waals surface area contributed by atoms with Gasteiger partial charge in [-0.3, -0.25) is 4.90 Å². The van der Waals surface area contributed by atoms with E-state index in [-0.39, 0.29) is 5.63 Å². The van der Waals surface area contributed by atoms with Crippen LogP contribution in [0, 0.1) is 0 Å². The smallest absolute Gasteiger partial charge is 0.494 e. The van der Waals surface area contributed by atoms with Crippen LogP contribution in [0.3, 0.4) is 0 Å². The summed E-state index contributed by atoms with van der Waals surface area (Å²) in [7, 11) is 2.93. The van der Waals surface area contributed by atoms with Crippen molar-refractivity contribution >= 4 is 33.7 Å². The number of ether oxygens (including phenoxy) is 3. The minimum atomic E-state index is -0.724. The van der Waals surface area contributed by atoms with E-state index < -0.39 is 6.16 Å². The molecule has 2 aromatic heterocycles. The van der Waals surface area contributed by atoms with Gasteiger partial charge < -0.3 is 28.5 Å². The number of H-pyrrole nitrogens is 1. The molecule has 0 radical (unpaired) electrons. The van der Waals surface area contributed by atoms with E-state index in [1.807, 2.05) is 24.4 Å². The van der Waals surface area contributed by atoms with Crippen molar-refractivity contribution in [2.24, 2.45) is 0 Å². The van der Waals surface area contributed by atoms with Crippen LogP contribution in [0.1, 0.15) is 18.4 Å². The number of aryl methyl sites for hydroxylation is 1. The Morgan fingerprint density at radius 3 is 2.65 bits per heavy atom. The first-order chi connectivity index (χ1) is 18.0. The van der Waals surface area contributed by atoms with Gasteiger partial charge in [0.15, 0.2) is 0 Å². The third-order valence-electron chi connectivity index (χ3n) is 6.91. The number of aromatic amines is 1. The monoisotopic (exact) mass is 505 g/mol. The summed E-state index contributed by atoms with van der Waals surface area (Å²) < 4.78 is 20.6. The molecule has 1 saturated heterocycles. The van der Waals surface area contributed by atoms with Gasteiger partial charge >= 0.3 is 11.8 Å². The Bertz CT molecular complexity index is 1450. The highest BCUT2D eigenvalue weighted by Crippen LogP contribution is 2.33. The van der Waals surface area contributed by atoms with E-state index in [4.69, 9.17) is 13.9 Å². The van der Waals surface area contributed by atoms with Crippen molar-refractivity contribution < 1.29 is 23.4 Å². The Morgan fingerprint density at radius 2 is 1.86 bits per heavy atom.